The minimum Gasteiger partial charge on any atom is -0.324 e. The molecule has 271 valence electrons. The zero-order valence-corrected chi connectivity index (χ0v) is 32.6. The Hall–Kier alpha value is -4.82. The van der Waals surface area contributed by atoms with Crippen molar-refractivity contribution >= 4 is 95.9 Å². The third kappa shape index (κ3) is 11.1. The average molecular weight is 772 g/mol. The van der Waals surface area contributed by atoms with Gasteiger partial charge in [0.25, 0.3) is 32.1 Å². The largest absolute Gasteiger partial charge is 0.324 e. The van der Waals surface area contributed by atoms with Crippen LogP contribution in [0.4, 0.5) is 22.7 Å². The van der Waals surface area contributed by atoms with Gasteiger partial charge in [0.15, 0.2) is 11.6 Å². The van der Waals surface area contributed by atoms with Gasteiger partial charge < -0.3 is 10.6 Å². The predicted molar refractivity (Wildman–Crippen MR) is 195 cm³/mol. The molecule has 2 atom stereocenters. The van der Waals surface area contributed by atoms with Crippen molar-refractivity contribution < 1.29 is 45.1 Å². The number of rotatable bonds is 13. The van der Waals surface area contributed by atoms with E-state index in [2.05, 4.69) is 31.1 Å². The molecular weight excluding hydrogens is 740 g/mol. The van der Waals surface area contributed by atoms with Crippen LogP contribution >= 0.6 is 0 Å². The summed E-state index contributed by atoms with van der Waals surface area (Å²) in [6.45, 7) is 5.08. The normalized spacial score (nSPS) is 12.9. The molecule has 19 heteroatoms. The zero-order valence-electron chi connectivity index (χ0n) is 29.0. The van der Waals surface area contributed by atoms with Gasteiger partial charge in [0.1, 0.15) is 9.79 Å². The third-order valence-electron chi connectivity index (χ3n) is 7.35. The summed E-state index contributed by atoms with van der Waals surface area (Å²) in [5, 5.41) is 20.5. The summed E-state index contributed by atoms with van der Waals surface area (Å²) >= 11 is 0. The number of hydrogen-bond donors (Lipinski definition) is 4. The maximum absolute atomic E-state index is 12.8. The van der Waals surface area contributed by atoms with E-state index in [1.54, 1.807) is 60.7 Å². The van der Waals surface area contributed by atoms with Crippen LogP contribution in [0.1, 0.15) is 25.0 Å². The van der Waals surface area contributed by atoms with E-state index < -0.39 is 65.5 Å². The number of nitrogens with one attached hydrogen (secondary N) is 2. The van der Waals surface area contributed by atoms with E-state index >= 15 is 0 Å². The molecule has 0 fully saturated rings. The van der Waals surface area contributed by atoms with Crippen molar-refractivity contribution in [2.45, 2.75) is 49.6 Å². The maximum Gasteiger partial charge on any atom is 0.295 e. The molecule has 0 bridgehead atoms. The first-order valence-corrected chi connectivity index (χ1v) is 18.0. The molecule has 4 aromatic rings. The van der Waals surface area contributed by atoms with Crippen molar-refractivity contribution in [3.8, 4) is 11.1 Å². The van der Waals surface area contributed by atoms with Crippen LogP contribution in [-0.4, -0.2) is 91.0 Å². The molecule has 0 aliphatic carbocycles. The van der Waals surface area contributed by atoms with Gasteiger partial charge >= 0.3 is 0 Å². The second-order valence-corrected chi connectivity index (χ2v) is 14.2. The van der Waals surface area contributed by atoms with E-state index in [1.165, 1.54) is 13.8 Å². The molecule has 0 heterocycles. The van der Waals surface area contributed by atoms with Crippen LogP contribution in [0, 0.1) is 13.8 Å². The molecule has 2 amide bonds. The van der Waals surface area contributed by atoms with Crippen LogP contribution in [0.5, 0.6) is 0 Å². The van der Waals surface area contributed by atoms with Crippen LogP contribution in [-0.2, 0) is 39.4 Å². The molecule has 4 rings (SSSR count). The first-order valence-electron chi connectivity index (χ1n) is 15.2. The number of carbonyl (C=O) groups excluding carboxylic acids is 4. The van der Waals surface area contributed by atoms with E-state index in [9.17, 15) is 45.1 Å². The molecular formula is C34H32N6NaO10S2. The number of carbonyl (C=O) groups is 4. The monoisotopic (exact) mass is 771 g/mol. The second kappa shape index (κ2) is 17.8. The number of Topliss-reactive ketones (excluding diaryl/α,β-unsaturated/α-hetero) is 2. The Morgan fingerprint density at radius 1 is 0.585 bits per heavy atom. The number of para-hydroxylation sites is 2. The fourth-order valence-electron chi connectivity index (χ4n) is 4.76. The van der Waals surface area contributed by atoms with Crippen molar-refractivity contribution in [3.63, 3.8) is 0 Å². The minimum atomic E-state index is -5.13. The molecule has 0 saturated carbocycles. The number of hydrogen-bond acceptors (Lipinski definition) is 12. The maximum atomic E-state index is 12.8. The smallest absolute Gasteiger partial charge is 0.295 e. The summed E-state index contributed by atoms with van der Waals surface area (Å²) in [4.78, 5) is 48.4. The van der Waals surface area contributed by atoms with Crippen LogP contribution in [0.15, 0.2) is 115 Å². The van der Waals surface area contributed by atoms with Gasteiger partial charge in [0, 0.05) is 52.1 Å². The van der Waals surface area contributed by atoms with Crippen LogP contribution in [0.2, 0.25) is 0 Å². The van der Waals surface area contributed by atoms with E-state index in [1.807, 2.05) is 0 Å². The number of nitrogens with zero attached hydrogens (tertiary/aromatic N) is 4. The van der Waals surface area contributed by atoms with Crippen molar-refractivity contribution in [2.24, 2.45) is 20.5 Å². The van der Waals surface area contributed by atoms with Gasteiger partial charge in [-0.3, -0.25) is 28.3 Å². The molecule has 0 aromatic heterocycles. The molecule has 4 N–H and O–H groups in total. The Morgan fingerprint density at radius 2 is 0.906 bits per heavy atom. The van der Waals surface area contributed by atoms with Crippen molar-refractivity contribution in [3.05, 3.63) is 96.1 Å². The number of benzene rings is 4. The third-order valence-corrected chi connectivity index (χ3v) is 9.14. The Morgan fingerprint density at radius 3 is 1.19 bits per heavy atom. The molecule has 0 saturated heterocycles. The molecule has 4 aromatic carbocycles. The number of anilines is 2. The summed E-state index contributed by atoms with van der Waals surface area (Å²) in [5.41, 5.74) is -0.0781. The molecule has 0 spiro atoms. The molecule has 1 radical (unpaired) electrons. The Balaban J connectivity index is 0.00000756. The molecule has 2 unspecified atom stereocenters. The number of azo groups is 2. The summed E-state index contributed by atoms with van der Waals surface area (Å²) < 4.78 is 71.0. The van der Waals surface area contributed by atoms with Gasteiger partial charge in [-0.1, -0.05) is 36.4 Å². The first kappa shape index (κ1) is 42.6. The minimum absolute atomic E-state index is 0. The topological polar surface area (TPSA) is 251 Å². The van der Waals surface area contributed by atoms with Crippen molar-refractivity contribution in [1.29, 1.82) is 0 Å². The standard InChI is InChI=1S/C34H32N6O10S2.Na/c1-19-15-25(29(51(45,46)47)17-27(19)37-39-31(21(3)41)33(43)35-23-11-7-5-8-12-23)26-16-20(2)28(18-30(26)52(48,49)50)38-40-32(22(4)42)34(44)36-24-13-9-6-10-14-24;/h5-18,31-32H,1-4H3,(H,35,43)(H,36,44)(H,45,46,47)(H,48,49,50);. The summed E-state index contributed by atoms with van der Waals surface area (Å²) in [6, 6.07) is 17.2. The second-order valence-electron chi connectivity index (χ2n) is 11.4. The molecule has 0 aliphatic rings. The molecule has 53 heavy (non-hydrogen) atoms. The van der Waals surface area contributed by atoms with Crippen LogP contribution < -0.4 is 10.6 Å². The Labute approximate surface area is 327 Å². The Bertz CT molecular complexity index is 2170. The van der Waals surface area contributed by atoms with Gasteiger partial charge in [-0.15, -0.1) is 0 Å². The number of aryl methyl sites for hydroxylation is 2. The summed E-state index contributed by atoms with van der Waals surface area (Å²) in [6.07, 6.45) is 0. The average Bonchev–Trinajstić information content (AvgIpc) is 3.05. The van der Waals surface area contributed by atoms with Crippen LogP contribution in [0.25, 0.3) is 11.1 Å². The predicted octanol–water partition coefficient (Wildman–Crippen LogP) is 5.44. The quantitative estimate of drug-likeness (QED) is 0.0579. The zero-order chi connectivity index (χ0) is 38.4. The number of ketones is 2. The van der Waals surface area contributed by atoms with Gasteiger partial charge in [0.05, 0.1) is 11.4 Å². The summed E-state index contributed by atoms with van der Waals surface area (Å²) in [5.74, 6) is -3.00. The van der Waals surface area contributed by atoms with Gasteiger partial charge in [0.2, 0.25) is 12.1 Å². The van der Waals surface area contributed by atoms with E-state index in [-0.39, 0.29) is 63.2 Å². The van der Waals surface area contributed by atoms with E-state index in [4.69, 9.17) is 0 Å². The number of amides is 2. The SMILES string of the molecule is CC(=O)C(N=Nc1cc(S(=O)(=O)O)c(-c2cc(C)c(N=NC(C(C)=O)C(=O)Nc3ccccc3)cc2S(=O)(=O)O)cc1C)C(=O)Nc1ccccc1.[Na]. The van der Waals surface area contributed by atoms with Gasteiger partial charge in [-0.05, 0) is 87.4 Å². The fourth-order valence-corrected chi connectivity index (χ4v) is 6.17. The van der Waals surface area contributed by atoms with Crippen molar-refractivity contribution in [2.75, 3.05) is 10.6 Å². The fraction of sp³-hybridized carbons (Fsp3) is 0.176. The summed E-state index contributed by atoms with van der Waals surface area (Å²) in [7, 11) is -10.3. The van der Waals surface area contributed by atoms with E-state index in [0.29, 0.717) is 11.4 Å². The van der Waals surface area contributed by atoms with Crippen LogP contribution in [0.3, 0.4) is 0 Å². The molecule has 0 aliphatic heterocycles. The van der Waals surface area contributed by atoms with Gasteiger partial charge in [-0.25, -0.2) is 0 Å². The molecule has 16 nitrogen and oxygen atoms in total. The Kier molecular flexibility index (Phi) is 14.3. The first-order chi connectivity index (χ1) is 24.4. The van der Waals surface area contributed by atoms with Gasteiger partial charge in [-0.2, -0.15) is 37.3 Å². The van der Waals surface area contributed by atoms with E-state index in [0.717, 1.165) is 38.1 Å². The van der Waals surface area contributed by atoms with Crippen molar-refractivity contribution in [1.82, 2.24) is 0 Å².